The third-order valence-corrected chi connectivity index (χ3v) is 3.87. The molecule has 1 aromatic heterocycles. The van der Waals surface area contributed by atoms with Gasteiger partial charge in [0.05, 0.1) is 25.4 Å². The molecule has 0 spiro atoms. The Morgan fingerprint density at radius 3 is 3.05 bits per heavy atom. The number of rotatable bonds is 7. The fourth-order valence-corrected chi connectivity index (χ4v) is 2.82. The molecule has 2 rings (SSSR count). The van der Waals surface area contributed by atoms with Gasteiger partial charge in [0.15, 0.2) is 0 Å². The first-order valence-corrected chi connectivity index (χ1v) is 7.56. The fourth-order valence-electron chi connectivity index (χ4n) is 2.13. The second-order valence-corrected chi connectivity index (χ2v) is 5.90. The van der Waals surface area contributed by atoms with Gasteiger partial charge < -0.3 is 14.6 Å². The lowest BCUT2D eigenvalue weighted by Crippen LogP contribution is -2.34. The lowest BCUT2D eigenvalue weighted by molar-refractivity contribution is -0.0634. The number of hydrogen-bond acceptors (Lipinski definition) is 6. The molecule has 6 heteroatoms. The van der Waals surface area contributed by atoms with E-state index >= 15 is 0 Å². The molecule has 1 aromatic rings. The van der Waals surface area contributed by atoms with E-state index in [1.165, 1.54) is 0 Å². The van der Waals surface area contributed by atoms with Crippen molar-refractivity contribution in [3.63, 3.8) is 0 Å². The average Bonchev–Trinajstić information content (AvgIpc) is 2.90. The van der Waals surface area contributed by atoms with Crippen molar-refractivity contribution in [2.24, 2.45) is 0 Å². The molecule has 0 amide bonds. The zero-order chi connectivity index (χ0) is 13.5. The van der Waals surface area contributed by atoms with Gasteiger partial charge in [0.2, 0.25) is 0 Å². The van der Waals surface area contributed by atoms with Crippen LogP contribution >= 0.6 is 11.3 Å². The molecule has 19 heavy (non-hydrogen) atoms. The highest BCUT2D eigenvalue weighted by Crippen LogP contribution is 2.11. The van der Waals surface area contributed by atoms with Crippen LogP contribution < -0.4 is 0 Å². The highest BCUT2D eigenvalue weighted by molar-refractivity contribution is 7.09. The van der Waals surface area contributed by atoms with Crippen LogP contribution in [0.3, 0.4) is 0 Å². The molecular formula is C13H22N2O3S. The van der Waals surface area contributed by atoms with Crippen LogP contribution in [0, 0.1) is 0 Å². The minimum Gasteiger partial charge on any atom is -0.389 e. The molecule has 0 bridgehead atoms. The maximum absolute atomic E-state index is 9.96. The first-order valence-electron chi connectivity index (χ1n) is 6.68. The topological polar surface area (TPSA) is 54.8 Å². The van der Waals surface area contributed by atoms with E-state index in [1.807, 2.05) is 12.4 Å². The predicted molar refractivity (Wildman–Crippen MR) is 74.2 cm³/mol. The number of aliphatic hydroxyl groups excluding tert-OH is 1. The van der Waals surface area contributed by atoms with E-state index in [0.29, 0.717) is 13.2 Å². The number of aliphatic hydroxyl groups is 1. The van der Waals surface area contributed by atoms with E-state index in [1.54, 1.807) is 17.5 Å². The van der Waals surface area contributed by atoms with Crippen LogP contribution in [0.2, 0.25) is 0 Å². The molecule has 1 atom stereocenters. The molecular weight excluding hydrogens is 264 g/mol. The lowest BCUT2D eigenvalue weighted by Gasteiger charge is -2.25. The molecule has 1 fully saturated rings. The molecule has 1 aliphatic rings. The Bertz CT molecular complexity index is 342. The van der Waals surface area contributed by atoms with Gasteiger partial charge in [-0.2, -0.15) is 0 Å². The van der Waals surface area contributed by atoms with Crippen LogP contribution in [0.1, 0.15) is 17.8 Å². The van der Waals surface area contributed by atoms with Crippen LogP contribution in [0.25, 0.3) is 0 Å². The third kappa shape index (κ3) is 5.54. The van der Waals surface area contributed by atoms with Crippen molar-refractivity contribution in [2.45, 2.75) is 31.6 Å². The zero-order valence-corrected chi connectivity index (χ0v) is 12.1. The van der Waals surface area contributed by atoms with Crippen molar-refractivity contribution in [3.8, 4) is 0 Å². The molecule has 2 heterocycles. The first kappa shape index (κ1) is 14.9. The minimum atomic E-state index is -0.451. The SMILES string of the molecule is CN(Cc1nccs1)CC(O)COC1CCOCC1. The van der Waals surface area contributed by atoms with E-state index in [2.05, 4.69) is 9.88 Å². The summed E-state index contributed by atoms with van der Waals surface area (Å²) in [5.41, 5.74) is 0. The molecule has 0 saturated carbocycles. The average molecular weight is 286 g/mol. The minimum absolute atomic E-state index is 0.243. The largest absolute Gasteiger partial charge is 0.389 e. The summed E-state index contributed by atoms with van der Waals surface area (Å²) in [7, 11) is 1.99. The van der Waals surface area contributed by atoms with Crippen LogP contribution in [0.4, 0.5) is 0 Å². The summed E-state index contributed by atoms with van der Waals surface area (Å²) in [6, 6.07) is 0. The van der Waals surface area contributed by atoms with E-state index in [9.17, 15) is 5.11 Å². The molecule has 0 aromatic carbocycles. The summed E-state index contributed by atoms with van der Waals surface area (Å²) in [5.74, 6) is 0. The number of aromatic nitrogens is 1. The Balaban J connectivity index is 1.61. The van der Waals surface area contributed by atoms with Crippen molar-refractivity contribution in [2.75, 3.05) is 33.4 Å². The normalized spacial score (nSPS) is 18.9. The first-order chi connectivity index (χ1) is 9.24. The van der Waals surface area contributed by atoms with Gasteiger partial charge in [-0.3, -0.25) is 4.90 Å². The van der Waals surface area contributed by atoms with Gasteiger partial charge in [0, 0.05) is 31.3 Å². The maximum atomic E-state index is 9.96. The molecule has 0 aliphatic carbocycles. The summed E-state index contributed by atoms with van der Waals surface area (Å²) in [6.07, 6.45) is 3.46. The highest BCUT2D eigenvalue weighted by Gasteiger charge is 2.16. The lowest BCUT2D eigenvalue weighted by atomic mass is 10.1. The molecule has 1 N–H and O–H groups in total. The van der Waals surface area contributed by atoms with Gasteiger partial charge in [-0.05, 0) is 19.9 Å². The van der Waals surface area contributed by atoms with E-state index in [4.69, 9.17) is 9.47 Å². The summed E-state index contributed by atoms with van der Waals surface area (Å²) in [4.78, 5) is 6.30. The number of thiazole rings is 1. The summed E-state index contributed by atoms with van der Waals surface area (Å²) in [5, 5.41) is 13.0. The van der Waals surface area contributed by atoms with Gasteiger partial charge >= 0.3 is 0 Å². The van der Waals surface area contributed by atoms with Crippen molar-refractivity contribution in [1.29, 1.82) is 0 Å². The Hall–Kier alpha value is -0.530. The number of nitrogens with zero attached hydrogens (tertiary/aromatic N) is 2. The Morgan fingerprint density at radius 1 is 1.58 bits per heavy atom. The van der Waals surface area contributed by atoms with Crippen molar-refractivity contribution in [3.05, 3.63) is 16.6 Å². The Labute approximate surface area is 118 Å². The number of ether oxygens (including phenoxy) is 2. The molecule has 1 aliphatic heterocycles. The quantitative estimate of drug-likeness (QED) is 0.814. The van der Waals surface area contributed by atoms with Gasteiger partial charge in [-0.15, -0.1) is 11.3 Å². The highest BCUT2D eigenvalue weighted by atomic mass is 32.1. The van der Waals surface area contributed by atoms with E-state index < -0.39 is 6.10 Å². The molecule has 108 valence electrons. The van der Waals surface area contributed by atoms with Crippen molar-refractivity contribution >= 4 is 11.3 Å². The van der Waals surface area contributed by atoms with Gasteiger partial charge in [-0.1, -0.05) is 0 Å². The van der Waals surface area contributed by atoms with Crippen LogP contribution in [0.5, 0.6) is 0 Å². The standard InChI is InChI=1S/C13H22N2O3S/c1-15(9-13-14-4-7-19-13)8-11(16)10-18-12-2-5-17-6-3-12/h4,7,11-12,16H,2-3,5-6,8-10H2,1H3. The van der Waals surface area contributed by atoms with Crippen LogP contribution in [0.15, 0.2) is 11.6 Å². The summed E-state index contributed by atoms with van der Waals surface area (Å²) < 4.78 is 11.0. The Morgan fingerprint density at radius 2 is 2.37 bits per heavy atom. The molecule has 0 radical (unpaired) electrons. The van der Waals surface area contributed by atoms with Gasteiger partial charge in [-0.25, -0.2) is 4.98 Å². The van der Waals surface area contributed by atoms with Gasteiger partial charge in [0.25, 0.3) is 0 Å². The number of likely N-dealkylation sites (N-methyl/N-ethyl adjacent to an activating group) is 1. The van der Waals surface area contributed by atoms with Crippen LogP contribution in [-0.2, 0) is 16.0 Å². The third-order valence-electron chi connectivity index (χ3n) is 3.10. The molecule has 1 saturated heterocycles. The molecule has 5 nitrogen and oxygen atoms in total. The maximum Gasteiger partial charge on any atom is 0.107 e. The van der Waals surface area contributed by atoms with Crippen molar-refractivity contribution < 1.29 is 14.6 Å². The number of hydrogen-bond donors (Lipinski definition) is 1. The van der Waals surface area contributed by atoms with E-state index in [-0.39, 0.29) is 6.10 Å². The fraction of sp³-hybridized carbons (Fsp3) is 0.769. The van der Waals surface area contributed by atoms with Gasteiger partial charge in [0.1, 0.15) is 5.01 Å². The summed E-state index contributed by atoms with van der Waals surface area (Å²) >= 11 is 1.63. The van der Waals surface area contributed by atoms with E-state index in [0.717, 1.165) is 37.6 Å². The summed E-state index contributed by atoms with van der Waals surface area (Å²) in [6.45, 7) is 3.30. The second kappa shape index (κ2) is 7.91. The molecule has 1 unspecified atom stereocenters. The second-order valence-electron chi connectivity index (χ2n) is 4.92. The Kier molecular flexibility index (Phi) is 6.19. The predicted octanol–water partition coefficient (Wildman–Crippen LogP) is 1.13. The zero-order valence-electron chi connectivity index (χ0n) is 11.3. The van der Waals surface area contributed by atoms with Crippen molar-refractivity contribution in [1.82, 2.24) is 9.88 Å². The monoisotopic (exact) mass is 286 g/mol. The smallest absolute Gasteiger partial charge is 0.107 e. The van der Waals surface area contributed by atoms with Crippen LogP contribution in [-0.4, -0.2) is 60.6 Å².